The van der Waals surface area contributed by atoms with Crippen LogP contribution in [-0.4, -0.2) is 15.9 Å². The molecule has 0 atom stereocenters. The van der Waals surface area contributed by atoms with Gasteiger partial charge in [0.25, 0.3) is 0 Å². The second-order valence-corrected chi connectivity index (χ2v) is 6.00. The Bertz CT molecular complexity index is 797. The van der Waals surface area contributed by atoms with Gasteiger partial charge in [0.1, 0.15) is 16.8 Å². The number of thiophene rings is 1. The summed E-state index contributed by atoms with van der Waals surface area (Å²) in [5, 5.41) is 4.79. The van der Waals surface area contributed by atoms with Crippen LogP contribution in [0.1, 0.15) is 13.8 Å². The molecule has 1 amide bonds. The summed E-state index contributed by atoms with van der Waals surface area (Å²) in [6.45, 7) is 3.71. The van der Waals surface area contributed by atoms with E-state index in [1.54, 1.807) is 23.5 Å². The highest BCUT2D eigenvalue weighted by molar-refractivity contribution is 7.17. The van der Waals surface area contributed by atoms with Crippen molar-refractivity contribution in [1.82, 2.24) is 9.97 Å². The molecule has 2 aromatic heterocycles. The number of carbonyl (C=O) groups excluding carboxylic acids is 1. The summed E-state index contributed by atoms with van der Waals surface area (Å²) in [5.41, 5.74) is 1.62. The van der Waals surface area contributed by atoms with Gasteiger partial charge in [-0.2, -0.15) is 0 Å². The lowest BCUT2D eigenvalue weighted by atomic mass is 10.2. The highest BCUT2D eigenvalue weighted by Gasteiger charge is 2.09. The number of nitrogens with zero attached hydrogens (tertiary/aromatic N) is 2. The number of ether oxygens (including phenoxy) is 1. The zero-order valence-electron chi connectivity index (χ0n) is 12.2. The monoisotopic (exact) mass is 313 g/mol. The summed E-state index contributed by atoms with van der Waals surface area (Å²) < 4.78 is 6.72. The van der Waals surface area contributed by atoms with E-state index in [1.807, 2.05) is 37.4 Å². The van der Waals surface area contributed by atoms with Crippen LogP contribution in [0.3, 0.4) is 0 Å². The molecule has 6 heteroatoms. The van der Waals surface area contributed by atoms with Crippen molar-refractivity contribution in [3.8, 4) is 11.6 Å². The molecule has 2 heterocycles. The van der Waals surface area contributed by atoms with Crippen molar-refractivity contribution in [2.24, 2.45) is 5.92 Å². The fourth-order valence-corrected chi connectivity index (χ4v) is 2.61. The molecular weight excluding hydrogens is 298 g/mol. The topological polar surface area (TPSA) is 64.1 Å². The molecule has 1 aromatic carbocycles. The minimum Gasteiger partial charge on any atom is -0.437 e. The van der Waals surface area contributed by atoms with Gasteiger partial charge in [-0.3, -0.25) is 4.79 Å². The van der Waals surface area contributed by atoms with E-state index in [0.717, 1.165) is 15.9 Å². The molecule has 22 heavy (non-hydrogen) atoms. The van der Waals surface area contributed by atoms with Crippen LogP contribution in [0, 0.1) is 5.92 Å². The van der Waals surface area contributed by atoms with Gasteiger partial charge in [-0.1, -0.05) is 13.8 Å². The molecule has 0 unspecified atom stereocenters. The number of aromatic nitrogens is 2. The molecule has 0 fully saturated rings. The molecule has 0 aliphatic rings. The van der Waals surface area contributed by atoms with E-state index in [-0.39, 0.29) is 11.8 Å². The predicted octanol–water partition coefficient (Wildman–Crippen LogP) is 4.08. The number of rotatable bonds is 4. The Kier molecular flexibility index (Phi) is 4.02. The molecule has 3 aromatic rings. The van der Waals surface area contributed by atoms with Gasteiger partial charge in [0.2, 0.25) is 11.8 Å². The van der Waals surface area contributed by atoms with Crippen molar-refractivity contribution in [2.75, 3.05) is 5.32 Å². The Morgan fingerprint density at radius 2 is 1.95 bits per heavy atom. The van der Waals surface area contributed by atoms with Crippen LogP contribution >= 0.6 is 11.3 Å². The molecule has 0 aliphatic carbocycles. The maximum absolute atomic E-state index is 11.6. The number of hydrogen-bond donors (Lipinski definition) is 1. The Labute approximate surface area is 132 Å². The van der Waals surface area contributed by atoms with E-state index < -0.39 is 0 Å². The summed E-state index contributed by atoms with van der Waals surface area (Å²) in [6, 6.07) is 9.15. The van der Waals surface area contributed by atoms with E-state index in [2.05, 4.69) is 15.3 Å². The molecule has 0 spiro atoms. The number of anilines is 1. The Morgan fingerprint density at radius 3 is 2.68 bits per heavy atom. The number of nitrogens with one attached hydrogen (secondary N) is 1. The Balaban J connectivity index is 1.76. The lowest BCUT2D eigenvalue weighted by Gasteiger charge is -2.09. The quantitative estimate of drug-likeness (QED) is 0.788. The molecular formula is C16H15N3O2S. The number of fused-ring (bicyclic) bond motifs is 1. The summed E-state index contributed by atoms with van der Waals surface area (Å²) in [7, 11) is 0. The van der Waals surface area contributed by atoms with Gasteiger partial charge in [0.15, 0.2) is 0 Å². The predicted molar refractivity (Wildman–Crippen MR) is 87.4 cm³/mol. The smallest absolute Gasteiger partial charge is 0.240 e. The van der Waals surface area contributed by atoms with Crippen molar-refractivity contribution in [2.45, 2.75) is 13.8 Å². The maximum atomic E-state index is 11.6. The van der Waals surface area contributed by atoms with Crippen LogP contribution in [0.2, 0.25) is 0 Å². The van der Waals surface area contributed by atoms with Crippen LogP contribution in [0.5, 0.6) is 11.6 Å². The van der Waals surface area contributed by atoms with Crippen molar-refractivity contribution >= 4 is 33.1 Å². The third kappa shape index (κ3) is 3.07. The Morgan fingerprint density at radius 1 is 1.18 bits per heavy atom. The standard InChI is InChI=1S/C16H15N3O2S/c1-10(2)15(20)19-11-3-5-12(6-4-11)21-16-14-13(7-8-22-14)17-9-18-16/h3-10H,1-2H3,(H,19,20). The maximum Gasteiger partial charge on any atom is 0.240 e. The second kappa shape index (κ2) is 6.11. The van der Waals surface area contributed by atoms with Gasteiger partial charge < -0.3 is 10.1 Å². The minimum atomic E-state index is -0.0518. The van der Waals surface area contributed by atoms with Gasteiger partial charge >= 0.3 is 0 Å². The van der Waals surface area contributed by atoms with Crippen LogP contribution in [0.15, 0.2) is 42.0 Å². The van der Waals surface area contributed by atoms with E-state index in [4.69, 9.17) is 4.74 Å². The minimum absolute atomic E-state index is 0.00948. The van der Waals surface area contributed by atoms with Crippen LogP contribution < -0.4 is 10.1 Å². The summed E-state index contributed by atoms with van der Waals surface area (Å²) >= 11 is 1.54. The van der Waals surface area contributed by atoms with Crippen molar-refractivity contribution < 1.29 is 9.53 Å². The third-order valence-electron chi connectivity index (χ3n) is 3.07. The lowest BCUT2D eigenvalue weighted by Crippen LogP contribution is -2.17. The zero-order valence-corrected chi connectivity index (χ0v) is 13.1. The Hall–Kier alpha value is -2.47. The first-order valence-corrected chi connectivity index (χ1v) is 7.78. The van der Waals surface area contributed by atoms with Crippen LogP contribution in [0.4, 0.5) is 5.69 Å². The van der Waals surface area contributed by atoms with Gasteiger partial charge in [-0.15, -0.1) is 11.3 Å². The first-order valence-electron chi connectivity index (χ1n) is 6.90. The number of amides is 1. The van der Waals surface area contributed by atoms with E-state index >= 15 is 0 Å². The van der Waals surface area contributed by atoms with Gasteiger partial charge in [-0.05, 0) is 35.7 Å². The number of benzene rings is 1. The van der Waals surface area contributed by atoms with Crippen LogP contribution in [-0.2, 0) is 4.79 Å². The van der Waals surface area contributed by atoms with Gasteiger partial charge in [0.05, 0.1) is 5.52 Å². The number of carbonyl (C=O) groups is 1. The highest BCUT2D eigenvalue weighted by Crippen LogP contribution is 2.30. The van der Waals surface area contributed by atoms with Gasteiger partial charge in [0, 0.05) is 11.6 Å². The summed E-state index contributed by atoms with van der Waals surface area (Å²) in [5.74, 6) is 1.14. The van der Waals surface area contributed by atoms with Gasteiger partial charge in [-0.25, -0.2) is 9.97 Å². The lowest BCUT2D eigenvalue weighted by molar-refractivity contribution is -0.118. The largest absolute Gasteiger partial charge is 0.437 e. The normalized spacial score (nSPS) is 10.9. The summed E-state index contributed by atoms with van der Waals surface area (Å²) in [6.07, 6.45) is 1.49. The van der Waals surface area contributed by atoms with Crippen LogP contribution in [0.25, 0.3) is 10.2 Å². The van der Waals surface area contributed by atoms with E-state index in [9.17, 15) is 4.79 Å². The summed E-state index contributed by atoms with van der Waals surface area (Å²) in [4.78, 5) is 20.0. The fourth-order valence-electron chi connectivity index (χ4n) is 1.84. The SMILES string of the molecule is CC(C)C(=O)Nc1ccc(Oc2ncnc3ccsc23)cc1. The second-order valence-electron chi connectivity index (χ2n) is 5.08. The third-order valence-corrected chi connectivity index (χ3v) is 3.96. The molecule has 112 valence electrons. The van der Waals surface area contributed by atoms with E-state index in [1.165, 1.54) is 6.33 Å². The molecule has 3 rings (SSSR count). The van der Waals surface area contributed by atoms with Crippen molar-refractivity contribution in [1.29, 1.82) is 0 Å². The fraction of sp³-hybridized carbons (Fsp3) is 0.188. The zero-order chi connectivity index (χ0) is 15.5. The first kappa shape index (κ1) is 14.5. The van der Waals surface area contributed by atoms with Crippen molar-refractivity contribution in [3.05, 3.63) is 42.0 Å². The first-order chi connectivity index (χ1) is 10.6. The molecule has 0 bridgehead atoms. The number of hydrogen-bond acceptors (Lipinski definition) is 5. The molecule has 1 N–H and O–H groups in total. The average Bonchev–Trinajstić information content (AvgIpc) is 2.98. The average molecular weight is 313 g/mol. The van der Waals surface area contributed by atoms with E-state index in [0.29, 0.717) is 11.6 Å². The molecule has 0 saturated carbocycles. The molecule has 0 aliphatic heterocycles. The molecule has 0 radical (unpaired) electrons. The highest BCUT2D eigenvalue weighted by atomic mass is 32.1. The van der Waals surface area contributed by atoms with Crippen molar-refractivity contribution in [3.63, 3.8) is 0 Å². The molecule has 0 saturated heterocycles. The molecule has 5 nitrogen and oxygen atoms in total.